The van der Waals surface area contributed by atoms with Gasteiger partial charge in [0.2, 0.25) is 5.91 Å². The second kappa shape index (κ2) is 10.5. The Balaban J connectivity index is 1.42. The summed E-state index contributed by atoms with van der Waals surface area (Å²) in [6, 6.07) is 16.3. The summed E-state index contributed by atoms with van der Waals surface area (Å²) >= 11 is 2.53. The van der Waals surface area contributed by atoms with Gasteiger partial charge in [0, 0.05) is 16.6 Å². The summed E-state index contributed by atoms with van der Waals surface area (Å²) in [6.07, 6.45) is 0.736. The molecular formula is C24H21N3O4S2. The lowest BCUT2D eigenvalue weighted by Gasteiger charge is -2.07. The lowest BCUT2D eigenvalue weighted by molar-refractivity contribution is -0.113. The molecule has 2 heterocycles. The Hall–Kier alpha value is -3.43. The highest BCUT2D eigenvalue weighted by Crippen LogP contribution is 2.31. The highest BCUT2D eigenvalue weighted by atomic mass is 32.2. The van der Waals surface area contributed by atoms with Gasteiger partial charge in [0.15, 0.2) is 5.16 Å². The molecule has 0 spiro atoms. The number of ether oxygens (including phenoxy) is 1. The second-order valence-corrected chi connectivity index (χ2v) is 8.94. The van der Waals surface area contributed by atoms with E-state index in [2.05, 4.69) is 15.3 Å². The number of nitrogens with zero attached hydrogens (tertiary/aromatic N) is 1. The number of rotatable bonds is 8. The van der Waals surface area contributed by atoms with Crippen molar-refractivity contribution in [3.63, 3.8) is 0 Å². The average molecular weight is 480 g/mol. The molecule has 9 heteroatoms. The zero-order chi connectivity index (χ0) is 23.2. The highest BCUT2D eigenvalue weighted by molar-refractivity contribution is 7.99. The van der Waals surface area contributed by atoms with Crippen LogP contribution in [0.25, 0.3) is 21.3 Å². The summed E-state index contributed by atoms with van der Waals surface area (Å²) < 4.78 is 5.12. The molecule has 0 saturated carbocycles. The van der Waals surface area contributed by atoms with E-state index in [9.17, 15) is 14.4 Å². The molecule has 0 fully saturated rings. The van der Waals surface area contributed by atoms with Crippen LogP contribution in [0.5, 0.6) is 0 Å². The quantitative estimate of drug-likeness (QED) is 0.211. The SMILES string of the molecule is CCCOC(=O)c1cccc(NC(=O)CSc2nc3scc(-c4ccccc4)c3c(=O)[nH]2)c1. The third-order valence-electron chi connectivity index (χ3n) is 4.67. The normalized spacial score (nSPS) is 10.8. The van der Waals surface area contributed by atoms with Gasteiger partial charge in [-0.25, -0.2) is 9.78 Å². The fraction of sp³-hybridized carbons (Fsp3) is 0.167. The first-order valence-electron chi connectivity index (χ1n) is 10.3. The number of hydrogen-bond donors (Lipinski definition) is 2. The molecule has 1 amide bonds. The first-order valence-corrected chi connectivity index (χ1v) is 12.2. The highest BCUT2D eigenvalue weighted by Gasteiger charge is 2.14. The number of amides is 1. The van der Waals surface area contributed by atoms with Crippen LogP contribution in [-0.4, -0.2) is 34.2 Å². The number of carbonyl (C=O) groups is 2. The number of carbonyl (C=O) groups excluding carboxylic acids is 2. The van der Waals surface area contributed by atoms with Crippen molar-refractivity contribution >= 4 is 50.9 Å². The standard InChI is InChI=1S/C24H21N3O4S2/c1-2-11-31-23(30)16-9-6-10-17(12-16)25-19(28)14-33-24-26-21(29)20-18(13-32-22(20)27-24)15-7-4-3-5-8-15/h3-10,12-13H,2,11,14H2,1H3,(H,25,28)(H,26,27,29). The van der Waals surface area contributed by atoms with Crippen LogP contribution in [0, 0.1) is 0 Å². The Morgan fingerprint density at radius 1 is 1.15 bits per heavy atom. The number of hydrogen-bond acceptors (Lipinski definition) is 7. The molecule has 0 unspecified atom stereocenters. The molecule has 0 aliphatic heterocycles. The molecule has 33 heavy (non-hydrogen) atoms. The maximum absolute atomic E-state index is 12.7. The van der Waals surface area contributed by atoms with Crippen molar-refractivity contribution < 1.29 is 14.3 Å². The van der Waals surface area contributed by atoms with E-state index >= 15 is 0 Å². The van der Waals surface area contributed by atoms with Crippen molar-refractivity contribution in [2.45, 2.75) is 18.5 Å². The van der Waals surface area contributed by atoms with E-state index in [0.29, 0.717) is 33.2 Å². The molecule has 0 bridgehead atoms. The first kappa shape index (κ1) is 22.8. The van der Waals surface area contributed by atoms with Crippen LogP contribution in [0.4, 0.5) is 5.69 Å². The van der Waals surface area contributed by atoms with E-state index in [1.807, 2.05) is 42.6 Å². The molecule has 0 radical (unpaired) electrons. The van der Waals surface area contributed by atoms with Gasteiger partial charge >= 0.3 is 5.97 Å². The van der Waals surface area contributed by atoms with Crippen LogP contribution in [0.2, 0.25) is 0 Å². The van der Waals surface area contributed by atoms with Crippen molar-refractivity contribution in [3.05, 3.63) is 75.9 Å². The van der Waals surface area contributed by atoms with Crippen LogP contribution in [0.1, 0.15) is 23.7 Å². The van der Waals surface area contributed by atoms with Crippen LogP contribution >= 0.6 is 23.1 Å². The van der Waals surface area contributed by atoms with E-state index in [4.69, 9.17) is 4.74 Å². The number of H-pyrrole nitrogens is 1. The lowest BCUT2D eigenvalue weighted by Crippen LogP contribution is -2.16. The zero-order valence-electron chi connectivity index (χ0n) is 17.8. The topological polar surface area (TPSA) is 101 Å². The largest absolute Gasteiger partial charge is 0.462 e. The third kappa shape index (κ3) is 5.50. The number of aromatic amines is 1. The molecule has 2 aromatic heterocycles. The Morgan fingerprint density at radius 2 is 1.97 bits per heavy atom. The van der Waals surface area contributed by atoms with E-state index < -0.39 is 5.97 Å². The molecule has 0 aliphatic rings. The van der Waals surface area contributed by atoms with Gasteiger partial charge in [-0.2, -0.15) is 0 Å². The summed E-state index contributed by atoms with van der Waals surface area (Å²) in [5, 5.41) is 5.60. The fourth-order valence-electron chi connectivity index (χ4n) is 3.16. The zero-order valence-corrected chi connectivity index (χ0v) is 19.4. The Bertz CT molecular complexity index is 1350. The lowest BCUT2D eigenvalue weighted by atomic mass is 10.1. The Labute approximate surface area is 198 Å². The summed E-state index contributed by atoms with van der Waals surface area (Å²) in [7, 11) is 0. The number of fused-ring (bicyclic) bond motifs is 1. The van der Waals surface area contributed by atoms with Gasteiger partial charge in [-0.05, 0) is 30.2 Å². The first-order chi connectivity index (χ1) is 16.0. The predicted molar refractivity (Wildman–Crippen MR) is 132 cm³/mol. The van der Waals surface area contributed by atoms with Gasteiger partial charge in [0.25, 0.3) is 5.56 Å². The Kier molecular flexibility index (Phi) is 7.21. The van der Waals surface area contributed by atoms with Crippen molar-refractivity contribution in [2.75, 3.05) is 17.7 Å². The number of anilines is 1. The molecule has 0 saturated heterocycles. The maximum Gasteiger partial charge on any atom is 0.338 e. The third-order valence-corrected chi connectivity index (χ3v) is 6.41. The molecule has 168 valence electrons. The average Bonchev–Trinajstić information content (AvgIpc) is 3.26. The molecular weight excluding hydrogens is 458 g/mol. The van der Waals surface area contributed by atoms with Crippen molar-refractivity contribution in [3.8, 4) is 11.1 Å². The number of aromatic nitrogens is 2. The minimum atomic E-state index is -0.428. The van der Waals surface area contributed by atoms with E-state index in [1.165, 1.54) is 11.3 Å². The number of thiophene rings is 1. The molecule has 4 aromatic rings. The monoisotopic (exact) mass is 479 g/mol. The van der Waals surface area contributed by atoms with Crippen LogP contribution in [-0.2, 0) is 9.53 Å². The number of esters is 1. The minimum absolute atomic E-state index is 0.0515. The van der Waals surface area contributed by atoms with Crippen molar-refractivity contribution in [1.82, 2.24) is 9.97 Å². The van der Waals surface area contributed by atoms with E-state index in [-0.39, 0.29) is 17.2 Å². The second-order valence-electron chi connectivity index (χ2n) is 7.12. The molecule has 2 aromatic carbocycles. The summed E-state index contributed by atoms with van der Waals surface area (Å²) in [4.78, 5) is 45.0. The maximum atomic E-state index is 12.7. The molecule has 2 N–H and O–H groups in total. The molecule has 7 nitrogen and oxygen atoms in total. The molecule has 0 atom stereocenters. The van der Waals surface area contributed by atoms with Gasteiger partial charge in [-0.3, -0.25) is 9.59 Å². The van der Waals surface area contributed by atoms with Crippen LogP contribution < -0.4 is 10.9 Å². The Morgan fingerprint density at radius 3 is 2.76 bits per heavy atom. The predicted octanol–water partition coefficient (Wildman–Crippen LogP) is 4.95. The molecule has 0 aliphatic carbocycles. The number of nitrogens with one attached hydrogen (secondary N) is 2. The summed E-state index contributed by atoms with van der Waals surface area (Å²) in [6.45, 7) is 2.26. The van der Waals surface area contributed by atoms with Crippen LogP contribution in [0.3, 0.4) is 0 Å². The van der Waals surface area contributed by atoms with E-state index in [0.717, 1.165) is 29.3 Å². The number of thioether (sulfide) groups is 1. The number of benzene rings is 2. The van der Waals surface area contributed by atoms with Gasteiger partial charge < -0.3 is 15.0 Å². The fourth-order valence-corrected chi connectivity index (χ4v) is 4.83. The smallest absolute Gasteiger partial charge is 0.338 e. The van der Waals surface area contributed by atoms with Crippen LogP contribution in [0.15, 0.2) is 69.9 Å². The van der Waals surface area contributed by atoms with Crippen molar-refractivity contribution in [1.29, 1.82) is 0 Å². The minimum Gasteiger partial charge on any atom is -0.462 e. The van der Waals surface area contributed by atoms with Gasteiger partial charge in [0.1, 0.15) is 4.83 Å². The molecule has 4 rings (SSSR count). The van der Waals surface area contributed by atoms with Gasteiger partial charge in [-0.1, -0.05) is 55.1 Å². The summed E-state index contributed by atoms with van der Waals surface area (Å²) in [5.74, 6) is -0.656. The van der Waals surface area contributed by atoms with Crippen molar-refractivity contribution in [2.24, 2.45) is 0 Å². The summed E-state index contributed by atoms with van der Waals surface area (Å²) in [5.41, 5.74) is 2.43. The van der Waals surface area contributed by atoms with E-state index in [1.54, 1.807) is 24.3 Å². The van der Waals surface area contributed by atoms with Gasteiger partial charge in [0.05, 0.1) is 23.3 Å². The van der Waals surface area contributed by atoms with Gasteiger partial charge in [-0.15, -0.1) is 11.3 Å².